The number of thiophene rings is 1. The molecule has 0 bridgehead atoms. The van der Waals surface area contributed by atoms with Gasteiger partial charge in [-0.3, -0.25) is 9.89 Å². The maximum absolute atomic E-state index is 6.02. The number of guanidine groups is 1. The fraction of sp³-hybridized carbons (Fsp3) is 0.706. The molecule has 134 valence electrons. The van der Waals surface area contributed by atoms with E-state index in [2.05, 4.69) is 35.0 Å². The van der Waals surface area contributed by atoms with E-state index in [1.54, 1.807) is 11.3 Å². The van der Waals surface area contributed by atoms with Crippen LogP contribution < -0.4 is 5.32 Å². The molecule has 0 radical (unpaired) electrons. The fourth-order valence-electron chi connectivity index (χ4n) is 3.01. The number of rotatable bonds is 5. The van der Waals surface area contributed by atoms with Gasteiger partial charge >= 0.3 is 0 Å². The smallest absolute Gasteiger partial charge is 0.194 e. The lowest BCUT2D eigenvalue weighted by molar-refractivity contribution is -0.0946. The Kier molecular flexibility index (Phi) is 6.02. The zero-order valence-corrected chi connectivity index (χ0v) is 16.1. The van der Waals surface area contributed by atoms with Gasteiger partial charge in [-0.1, -0.05) is 18.5 Å². The zero-order chi connectivity index (χ0) is 17.0. The summed E-state index contributed by atoms with van der Waals surface area (Å²) in [4.78, 5) is 11.1. The quantitative estimate of drug-likeness (QED) is 0.638. The number of hydrogen-bond acceptors (Lipinski definition) is 4. The van der Waals surface area contributed by atoms with Crippen molar-refractivity contribution in [2.75, 3.05) is 52.5 Å². The second kappa shape index (κ2) is 8.04. The van der Waals surface area contributed by atoms with Gasteiger partial charge in [0.25, 0.3) is 0 Å². The van der Waals surface area contributed by atoms with Crippen molar-refractivity contribution >= 4 is 28.9 Å². The van der Waals surface area contributed by atoms with Crippen LogP contribution in [0.2, 0.25) is 4.34 Å². The summed E-state index contributed by atoms with van der Waals surface area (Å²) < 4.78 is 6.20. The molecule has 2 aliphatic rings. The summed E-state index contributed by atoms with van der Waals surface area (Å²) in [6.45, 7) is 12.9. The van der Waals surface area contributed by atoms with Crippen LogP contribution in [0.1, 0.15) is 18.7 Å². The number of nitrogens with zero attached hydrogens (tertiary/aromatic N) is 3. The highest BCUT2D eigenvalue weighted by molar-refractivity contribution is 7.16. The molecule has 2 fully saturated rings. The van der Waals surface area contributed by atoms with E-state index in [9.17, 15) is 0 Å². The molecular formula is C17H27ClN4OS. The summed E-state index contributed by atoms with van der Waals surface area (Å²) in [6, 6.07) is 4.12. The zero-order valence-electron chi connectivity index (χ0n) is 14.6. The SMILES string of the molecule is CCNC(=NCC1(C)COC1)N1CCN(Cc2ccc(Cl)s2)CC1. The van der Waals surface area contributed by atoms with Gasteiger partial charge in [0.15, 0.2) is 5.96 Å². The fourth-order valence-corrected chi connectivity index (χ4v) is 4.14. The summed E-state index contributed by atoms with van der Waals surface area (Å²) in [5.74, 6) is 1.05. The Hall–Kier alpha value is -0.820. The number of aliphatic imine (C=N–C) groups is 1. The topological polar surface area (TPSA) is 40.1 Å². The first-order valence-corrected chi connectivity index (χ1v) is 9.85. The molecule has 1 aromatic rings. The highest BCUT2D eigenvalue weighted by atomic mass is 35.5. The van der Waals surface area contributed by atoms with E-state index >= 15 is 0 Å². The first-order chi connectivity index (χ1) is 11.6. The van der Waals surface area contributed by atoms with Crippen LogP contribution in [-0.4, -0.2) is 68.2 Å². The van der Waals surface area contributed by atoms with Gasteiger partial charge < -0.3 is 15.0 Å². The number of hydrogen-bond donors (Lipinski definition) is 1. The summed E-state index contributed by atoms with van der Waals surface area (Å²) in [5.41, 5.74) is 0.223. The van der Waals surface area contributed by atoms with E-state index in [4.69, 9.17) is 21.3 Å². The molecule has 0 saturated carbocycles. The average Bonchev–Trinajstić information content (AvgIpc) is 2.95. The van der Waals surface area contributed by atoms with Crippen LogP contribution in [-0.2, 0) is 11.3 Å². The van der Waals surface area contributed by atoms with Crippen LogP contribution in [0.5, 0.6) is 0 Å². The molecule has 24 heavy (non-hydrogen) atoms. The van der Waals surface area contributed by atoms with Gasteiger partial charge in [0.1, 0.15) is 0 Å². The van der Waals surface area contributed by atoms with Crippen molar-refractivity contribution in [1.29, 1.82) is 0 Å². The molecule has 3 rings (SSSR count). The standard InChI is InChI=1S/C17H27ClN4OS/c1-3-19-16(20-11-17(2)12-23-13-17)22-8-6-21(7-9-22)10-14-4-5-15(18)24-14/h4-5H,3,6-13H2,1-2H3,(H,19,20). The second-order valence-electron chi connectivity index (χ2n) is 6.94. The molecule has 0 spiro atoms. The molecule has 1 aromatic heterocycles. The Bertz CT molecular complexity index is 565. The van der Waals surface area contributed by atoms with Crippen LogP contribution in [0.3, 0.4) is 0 Å². The maximum Gasteiger partial charge on any atom is 0.194 e. The number of ether oxygens (including phenoxy) is 1. The van der Waals surface area contributed by atoms with Gasteiger partial charge in [0, 0.05) is 49.6 Å². The van der Waals surface area contributed by atoms with E-state index in [-0.39, 0.29) is 5.41 Å². The normalized spacial score (nSPS) is 21.6. The van der Waals surface area contributed by atoms with Crippen molar-refractivity contribution in [2.45, 2.75) is 20.4 Å². The van der Waals surface area contributed by atoms with Crippen LogP contribution in [0, 0.1) is 5.41 Å². The second-order valence-corrected chi connectivity index (χ2v) is 8.74. The molecule has 2 aliphatic heterocycles. The summed E-state index contributed by atoms with van der Waals surface area (Å²) in [5, 5.41) is 3.44. The molecule has 0 aliphatic carbocycles. The third kappa shape index (κ3) is 4.63. The van der Waals surface area contributed by atoms with Gasteiger partial charge in [0.2, 0.25) is 0 Å². The summed E-state index contributed by atoms with van der Waals surface area (Å²) >= 11 is 7.70. The van der Waals surface area contributed by atoms with Crippen LogP contribution in [0.4, 0.5) is 0 Å². The van der Waals surface area contributed by atoms with E-state index < -0.39 is 0 Å². The molecular weight excluding hydrogens is 344 g/mol. The summed E-state index contributed by atoms with van der Waals surface area (Å²) in [7, 11) is 0. The van der Waals surface area contributed by atoms with Crippen molar-refractivity contribution in [3.8, 4) is 0 Å². The molecule has 3 heterocycles. The maximum atomic E-state index is 6.02. The largest absolute Gasteiger partial charge is 0.380 e. The van der Waals surface area contributed by atoms with Crippen LogP contribution in [0.25, 0.3) is 0 Å². The Balaban J connectivity index is 1.51. The lowest BCUT2D eigenvalue weighted by Gasteiger charge is -2.39. The molecule has 7 heteroatoms. The minimum Gasteiger partial charge on any atom is -0.380 e. The molecule has 2 saturated heterocycles. The predicted octanol–water partition coefficient (Wildman–Crippen LogP) is 2.52. The molecule has 5 nitrogen and oxygen atoms in total. The number of halogens is 1. The lowest BCUT2D eigenvalue weighted by atomic mass is 9.89. The van der Waals surface area contributed by atoms with Crippen molar-refractivity contribution in [2.24, 2.45) is 10.4 Å². The lowest BCUT2D eigenvalue weighted by Crippen LogP contribution is -2.52. The molecule has 1 N–H and O–H groups in total. The average molecular weight is 371 g/mol. The van der Waals surface area contributed by atoms with Crippen molar-refractivity contribution in [3.63, 3.8) is 0 Å². The van der Waals surface area contributed by atoms with E-state index in [1.807, 2.05) is 6.07 Å². The highest BCUT2D eigenvalue weighted by Crippen LogP contribution is 2.27. The highest BCUT2D eigenvalue weighted by Gasteiger charge is 2.33. The Morgan fingerprint density at radius 2 is 2.08 bits per heavy atom. The van der Waals surface area contributed by atoms with Gasteiger partial charge in [-0.15, -0.1) is 11.3 Å². The van der Waals surface area contributed by atoms with E-state index in [0.29, 0.717) is 0 Å². The van der Waals surface area contributed by atoms with E-state index in [0.717, 1.165) is 69.3 Å². The Labute approximate surface area is 153 Å². The molecule has 0 unspecified atom stereocenters. The monoisotopic (exact) mass is 370 g/mol. The first-order valence-electron chi connectivity index (χ1n) is 8.65. The summed E-state index contributed by atoms with van der Waals surface area (Å²) in [6.07, 6.45) is 0. The van der Waals surface area contributed by atoms with Gasteiger partial charge in [0.05, 0.1) is 24.1 Å². The molecule has 0 aromatic carbocycles. The van der Waals surface area contributed by atoms with Crippen molar-refractivity contribution in [1.82, 2.24) is 15.1 Å². The molecule has 0 atom stereocenters. The number of nitrogens with one attached hydrogen (secondary N) is 1. The minimum absolute atomic E-state index is 0.223. The van der Waals surface area contributed by atoms with Gasteiger partial charge in [-0.2, -0.15) is 0 Å². The van der Waals surface area contributed by atoms with Crippen LogP contribution >= 0.6 is 22.9 Å². The van der Waals surface area contributed by atoms with E-state index in [1.165, 1.54) is 4.88 Å². The molecule has 0 amide bonds. The van der Waals surface area contributed by atoms with Gasteiger partial charge in [-0.25, -0.2) is 0 Å². The Morgan fingerprint density at radius 1 is 1.33 bits per heavy atom. The number of piperazine rings is 1. The predicted molar refractivity (Wildman–Crippen MR) is 101 cm³/mol. The first kappa shape index (κ1) is 18.0. The van der Waals surface area contributed by atoms with Crippen molar-refractivity contribution < 1.29 is 4.74 Å². The third-order valence-corrected chi connectivity index (χ3v) is 5.74. The van der Waals surface area contributed by atoms with Crippen LogP contribution in [0.15, 0.2) is 17.1 Å². The minimum atomic E-state index is 0.223. The third-order valence-electron chi connectivity index (χ3n) is 4.53. The van der Waals surface area contributed by atoms with Crippen molar-refractivity contribution in [3.05, 3.63) is 21.3 Å². The Morgan fingerprint density at radius 3 is 2.62 bits per heavy atom. The van der Waals surface area contributed by atoms with Gasteiger partial charge in [-0.05, 0) is 19.1 Å².